The Morgan fingerprint density at radius 1 is 1.33 bits per heavy atom. The van der Waals surface area contributed by atoms with Gasteiger partial charge in [-0.1, -0.05) is 19.9 Å². The van der Waals surface area contributed by atoms with E-state index in [1.54, 1.807) is 12.1 Å². The van der Waals surface area contributed by atoms with Crippen LogP contribution >= 0.6 is 0 Å². The monoisotopic (exact) mass is 250 g/mol. The standard InChI is InChI=1S/C14H19FN2O/c1-10-6-11(2)9-17(8-10)14(18)16-13-5-3-4-12(15)7-13/h3-5,7,10-11H,6,8-9H2,1-2H3,(H,16,18). The van der Waals surface area contributed by atoms with E-state index in [9.17, 15) is 9.18 Å². The predicted octanol–water partition coefficient (Wildman–Crippen LogP) is 3.34. The van der Waals surface area contributed by atoms with Crippen LogP contribution in [0.25, 0.3) is 0 Å². The zero-order chi connectivity index (χ0) is 13.1. The van der Waals surface area contributed by atoms with Crippen molar-refractivity contribution >= 4 is 11.7 Å². The molecule has 1 aliphatic rings. The highest BCUT2D eigenvalue weighted by molar-refractivity contribution is 5.89. The lowest BCUT2D eigenvalue weighted by molar-refractivity contribution is 0.156. The van der Waals surface area contributed by atoms with E-state index in [0.29, 0.717) is 17.5 Å². The largest absolute Gasteiger partial charge is 0.324 e. The van der Waals surface area contributed by atoms with Gasteiger partial charge in [-0.25, -0.2) is 9.18 Å². The van der Waals surface area contributed by atoms with Crippen molar-refractivity contribution in [3.05, 3.63) is 30.1 Å². The van der Waals surface area contributed by atoms with Gasteiger partial charge in [0.1, 0.15) is 5.82 Å². The van der Waals surface area contributed by atoms with E-state index in [4.69, 9.17) is 0 Å². The number of nitrogens with zero attached hydrogens (tertiary/aromatic N) is 1. The average molecular weight is 250 g/mol. The molecule has 0 spiro atoms. The number of nitrogens with one attached hydrogen (secondary N) is 1. The number of benzene rings is 1. The second-order valence-corrected chi connectivity index (χ2v) is 5.29. The molecule has 2 unspecified atom stereocenters. The fraction of sp³-hybridized carbons (Fsp3) is 0.500. The SMILES string of the molecule is CC1CC(C)CN(C(=O)Nc2cccc(F)c2)C1. The van der Waals surface area contributed by atoms with Gasteiger partial charge in [0.2, 0.25) is 0 Å². The molecule has 0 saturated carbocycles. The molecule has 1 fully saturated rings. The Bertz CT molecular complexity index is 426. The summed E-state index contributed by atoms with van der Waals surface area (Å²) in [6.45, 7) is 5.84. The lowest BCUT2D eigenvalue weighted by Gasteiger charge is -2.34. The summed E-state index contributed by atoms with van der Waals surface area (Å²) in [5, 5.41) is 2.74. The first-order valence-electron chi connectivity index (χ1n) is 6.36. The Kier molecular flexibility index (Phi) is 3.84. The summed E-state index contributed by atoms with van der Waals surface area (Å²) in [7, 11) is 0. The Hall–Kier alpha value is -1.58. The minimum atomic E-state index is -0.340. The normalized spacial score (nSPS) is 23.8. The molecule has 4 heteroatoms. The molecule has 0 bridgehead atoms. The van der Waals surface area contributed by atoms with Crippen LogP contribution in [0.4, 0.5) is 14.9 Å². The summed E-state index contributed by atoms with van der Waals surface area (Å²) >= 11 is 0. The number of amides is 2. The molecule has 1 aliphatic heterocycles. The third-order valence-electron chi connectivity index (χ3n) is 3.23. The van der Waals surface area contributed by atoms with Crippen molar-refractivity contribution < 1.29 is 9.18 Å². The van der Waals surface area contributed by atoms with Crippen molar-refractivity contribution in [2.24, 2.45) is 11.8 Å². The molecule has 2 amide bonds. The number of piperidine rings is 1. The Labute approximate surface area is 107 Å². The first kappa shape index (κ1) is 12.9. The zero-order valence-corrected chi connectivity index (χ0v) is 10.8. The van der Waals surface area contributed by atoms with E-state index in [0.717, 1.165) is 19.5 Å². The van der Waals surface area contributed by atoms with E-state index in [-0.39, 0.29) is 11.8 Å². The fourth-order valence-corrected chi connectivity index (χ4v) is 2.60. The Morgan fingerprint density at radius 3 is 2.61 bits per heavy atom. The topological polar surface area (TPSA) is 32.3 Å². The van der Waals surface area contributed by atoms with Crippen LogP contribution in [0.15, 0.2) is 24.3 Å². The maximum absolute atomic E-state index is 13.0. The number of urea groups is 1. The van der Waals surface area contributed by atoms with Gasteiger partial charge in [-0.2, -0.15) is 0 Å². The highest BCUT2D eigenvalue weighted by Gasteiger charge is 2.25. The molecule has 18 heavy (non-hydrogen) atoms. The van der Waals surface area contributed by atoms with Crippen molar-refractivity contribution in [3.8, 4) is 0 Å². The summed E-state index contributed by atoms with van der Waals surface area (Å²) in [4.78, 5) is 13.9. The summed E-state index contributed by atoms with van der Waals surface area (Å²) in [5.74, 6) is 0.701. The molecule has 1 heterocycles. The number of rotatable bonds is 1. The number of carbonyl (C=O) groups is 1. The van der Waals surface area contributed by atoms with E-state index in [1.165, 1.54) is 12.1 Å². The maximum atomic E-state index is 13.0. The van der Waals surface area contributed by atoms with Crippen LogP contribution in [0.5, 0.6) is 0 Å². The summed E-state index contributed by atoms with van der Waals surface area (Å²) < 4.78 is 13.0. The molecule has 1 N–H and O–H groups in total. The lowest BCUT2D eigenvalue weighted by atomic mass is 9.92. The molecule has 1 saturated heterocycles. The van der Waals surface area contributed by atoms with E-state index in [2.05, 4.69) is 19.2 Å². The lowest BCUT2D eigenvalue weighted by Crippen LogP contribution is -2.44. The molecule has 0 aromatic heterocycles. The number of carbonyl (C=O) groups excluding carboxylic acids is 1. The van der Waals surface area contributed by atoms with Crippen LogP contribution in [0, 0.1) is 17.7 Å². The molecule has 3 nitrogen and oxygen atoms in total. The number of hydrogen-bond acceptors (Lipinski definition) is 1. The average Bonchev–Trinajstić information content (AvgIpc) is 2.27. The molecule has 2 rings (SSSR count). The van der Waals surface area contributed by atoms with Crippen molar-refractivity contribution in [2.45, 2.75) is 20.3 Å². The Morgan fingerprint density at radius 2 is 2.00 bits per heavy atom. The van der Waals surface area contributed by atoms with Gasteiger partial charge in [0.25, 0.3) is 0 Å². The zero-order valence-electron chi connectivity index (χ0n) is 10.8. The van der Waals surface area contributed by atoms with Crippen LogP contribution < -0.4 is 5.32 Å². The summed E-state index contributed by atoms with van der Waals surface area (Å²) in [6.07, 6.45) is 1.16. The van der Waals surface area contributed by atoms with Crippen molar-refractivity contribution in [1.82, 2.24) is 4.90 Å². The van der Waals surface area contributed by atoms with Crippen LogP contribution in [0.1, 0.15) is 20.3 Å². The molecule has 2 atom stereocenters. The van der Waals surface area contributed by atoms with Gasteiger partial charge >= 0.3 is 6.03 Å². The molecule has 0 radical (unpaired) electrons. The van der Waals surface area contributed by atoms with Gasteiger partial charge in [0.15, 0.2) is 0 Å². The second kappa shape index (κ2) is 5.38. The van der Waals surface area contributed by atoms with Gasteiger partial charge in [-0.05, 0) is 36.5 Å². The van der Waals surface area contributed by atoms with Gasteiger partial charge in [-0.3, -0.25) is 0 Å². The number of hydrogen-bond donors (Lipinski definition) is 1. The number of likely N-dealkylation sites (tertiary alicyclic amines) is 1. The van der Waals surface area contributed by atoms with E-state index < -0.39 is 0 Å². The van der Waals surface area contributed by atoms with Crippen LogP contribution in [-0.2, 0) is 0 Å². The first-order chi connectivity index (χ1) is 8.54. The molecule has 1 aromatic rings. The highest BCUT2D eigenvalue weighted by Crippen LogP contribution is 2.21. The summed E-state index contributed by atoms with van der Waals surface area (Å²) in [5.41, 5.74) is 0.505. The quantitative estimate of drug-likeness (QED) is 0.814. The Balaban J connectivity index is 1.99. The second-order valence-electron chi connectivity index (χ2n) is 5.29. The minimum absolute atomic E-state index is 0.140. The van der Waals surface area contributed by atoms with Gasteiger partial charge in [-0.15, -0.1) is 0 Å². The van der Waals surface area contributed by atoms with Gasteiger partial charge in [0, 0.05) is 18.8 Å². The fourth-order valence-electron chi connectivity index (χ4n) is 2.60. The molecule has 0 aliphatic carbocycles. The number of halogens is 1. The highest BCUT2D eigenvalue weighted by atomic mass is 19.1. The van der Waals surface area contributed by atoms with Crippen LogP contribution in [0.2, 0.25) is 0 Å². The minimum Gasteiger partial charge on any atom is -0.324 e. The van der Waals surface area contributed by atoms with E-state index in [1.807, 2.05) is 4.90 Å². The van der Waals surface area contributed by atoms with Crippen molar-refractivity contribution in [1.29, 1.82) is 0 Å². The third-order valence-corrected chi connectivity index (χ3v) is 3.23. The third kappa shape index (κ3) is 3.22. The van der Waals surface area contributed by atoms with E-state index >= 15 is 0 Å². The summed E-state index contributed by atoms with van der Waals surface area (Å²) in [6, 6.07) is 5.83. The number of anilines is 1. The molecule has 98 valence electrons. The van der Waals surface area contributed by atoms with Crippen molar-refractivity contribution in [3.63, 3.8) is 0 Å². The molecular formula is C14H19FN2O. The molecule has 1 aromatic carbocycles. The van der Waals surface area contributed by atoms with Crippen molar-refractivity contribution in [2.75, 3.05) is 18.4 Å². The van der Waals surface area contributed by atoms with Crippen LogP contribution in [0.3, 0.4) is 0 Å². The van der Waals surface area contributed by atoms with Gasteiger partial charge < -0.3 is 10.2 Å². The maximum Gasteiger partial charge on any atom is 0.321 e. The predicted molar refractivity (Wildman–Crippen MR) is 69.9 cm³/mol. The first-order valence-corrected chi connectivity index (χ1v) is 6.36. The molecular weight excluding hydrogens is 231 g/mol. The smallest absolute Gasteiger partial charge is 0.321 e. The van der Waals surface area contributed by atoms with Crippen LogP contribution in [-0.4, -0.2) is 24.0 Å². The van der Waals surface area contributed by atoms with Gasteiger partial charge in [0.05, 0.1) is 0 Å².